The molecular weight excluding hydrogens is 300 g/mol. The molecule has 0 aliphatic heterocycles. The zero-order valence-electron chi connectivity index (χ0n) is 11.5. The van der Waals surface area contributed by atoms with Crippen LogP contribution in [0.4, 0.5) is 0 Å². The van der Waals surface area contributed by atoms with Crippen molar-refractivity contribution in [2.75, 3.05) is 0 Å². The first kappa shape index (κ1) is 14.4. The summed E-state index contributed by atoms with van der Waals surface area (Å²) in [7, 11) is 0. The minimum atomic E-state index is -1.00. The van der Waals surface area contributed by atoms with Gasteiger partial charge in [0, 0.05) is 21.9 Å². The van der Waals surface area contributed by atoms with Gasteiger partial charge in [0.05, 0.1) is 11.3 Å². The number of rotatable bonds is 4. The van der Waals surface area contributed by atoms with Gasteiger partial charge >= 0.3 is 5.97 Å². The van der Waals surface area contributed by atoms with E-state index in [4.69, 9.17) is 5.11 Å². The van der Waals surface area contributed by atoms with E-state index in [1.54, 1.807) is 18.2 Å². The Morgan fingerprint density at radius 2 is 1.77 bits per heavy atom. The Kier molecular flexibility index (Phi) is 3.73. The molecule has 0 fully saturated rings. The minimum Gasteiger partial charge on any atom is -0.481 e. The van der Waals surface area contributed by atoms with Crippen LogP contribution in [0.2, 0.25) is 0 Å². The molecule has 1 heterocycles. The van der Waals surface area contributed by atoms with Gasteiger partial charge < -0.3 is 5.11 Å². The first-order chi connectivity index (χ1) is 10.6. The number of carboxylic acids is 1. The summed E-state index contributed by atoms with van der Waals surface area (Å²) in [5, 5.41) is 10.6. The number of ketones is 1. The number of Topliss-reactive ketones (excluding diaryl/α,β-unsaturated/α-hetero) is 1. The maximum atomic E-state index is 12.6. The van der Waals surface area contributed by atoms with Crippen molar-refractivity contribution in [2.24, 2.45) is 0 Å². The van der Waals surface area contributed by atoms with Crippen LogP contribution in [-0.4, -0.2) is 16.9 Å². The Hall–Kier alpha value is -2.53. The summed E-state index contributed by atoms with van der Waals surface area (Å²) >= 11 is 1.23. The fourth-order valence-electron chi connectivity index (χ4n) is 2.35. The molecule has 0 radical (unpaired) electrons. The molecule has 0 saturated heterocycles. The van der Waals surface area contributed by atoms with E-state index in [1.807, 2.05) is 24.3 Å². The number of benzene rings is 1. The summed E-state index contributed by atoms with van der Waals surface area (Å²) < 4.78 is 0.736. The molecule has 0 unspecified atom stereocenters. The molecule has 4 nitrogen and oxygen atoms in total. The molecule has 0 aliphatic carbocycles. The highest BCUT2D eigenvalue weighted by molar-refractivity contribution is 7.20. The van der Waals surface area contributed by atoms with Crippen LogP contribution in [0.5, 0.6) is 0 Å². The monoisotopic (exact) mass is 312 g/mol. The Bertz CT molecular complexity index is 956. The van der Waals surface area contributed by atoms with Crippen molar-refractivity contribution in [3.63, 3.8) is 0 Å². The lowest BCUT2D eigenvalue weighted by atomic mass is 10.1. The van der Waals surface area contributed by atoms with Crippen molar-refractivity contribution in [3.05, 3.63) is 57.6 Å². The van der Waals surface area contributed by atoms with Gasteiger partial charge in [-0.2, -0.15) is 0 Å². The van der Waals surface area contributed by atoms with Gasteiger partial charge in [0.1, 0.15) is 0 Å². The van der Waals surface area contributed by atoms with E-state index in [0.717, 1.165) is 10.1 Å². The van der Waals surface area contributed by atoms with E-state index in [9.17, 15) is 14.4 Å². The fraction of sp³-hybridized carbons (Fsp3) is 0.118. The zero-order chi connectivity index (χ0) is 15.7. The highest BCUT2D eigenvalue weighted by Gasteiger charge is 2.13. The van der Waals surface area contributed by atoms with E-state index in [0.29, 0.717) is 15.6 Å². The third-order valence-electron chi connectivity index (χ3n) is 3.47. The van der Waals surface area contributed by atoms with Crippen molar-refractivity contribution in [2.45, 2.75) is 12.8 Å². The second-order valence-electron chi connectivity index (χ2n) is 4.96. The average Bonchev–Trinajstić information content (AvgIpc) is 2.89. The van der Waals surface area contributed by atoms with E-state index in [1.165, 1.54) is 11.3 Å². The number of hydrogen-bond acceptors (Lipinski definition) is 4. The standard InChI is InChI=1S/C17H12O4S/c18-13(6-8-16(19)20)15-9-12-14(22-15)7-5-10-3-1-2-4-11(10)17(12)21/h1-5,7,9H,6,8H2,(H,19,20). The van der Waals surface area contributed by atoms with E-state index in [-0.39, 0.29) is 24.1 Å². The SMILES string of the molecule is O=C(O)CCC(=O)c1cc2c(=O)c3ccccc3ccc2s1. The number of hydrogen-bond donors (Lipinski definition) is 1. The molecule has 5 heteroatoms. The number of carboxylic acid groups (broad SMARTS) is 1. The summed E-state index contributed by atoms with van der Waals surface area (Å²) in [6.45, 7) is 0. The lowest BCUT2D eigenvalue weighted by Crippen LogP contribution is -2.02. The fourth-order valence-corrected chi connectivity index (χ4v) is 3.37. The summed E-state index contributed by atoms with van der Waals surface area (Å²) in [5.74, 6) is -1.24. The molecule has 0 spiro atoms. The normalized spacial score (nSPS) is 10.9. The molecule has 0 amide bonds. The third kappa shape index (κ3) is 2.63. The minimum absolute atomic E-state index is 0.0524. The Labute approximate surface area is 129 Å². The largest absolute Gasteiger partial charge is 0.481 e. The molecule has 2 aromatic carbocycles. The van der Waals surface area contributed by atoms with Crippen LogP contribution in [0.25, 0.3) is 20.9 Å². The number of carbonyl (C=O) groups is 2. The first-order valence-corrected chi connectivity index (χ1v) is 7.58. The Balaban J connectivity index is 2.13. The van der Waals surface area contributed by atoms with Gasteiger partial charge in [-0.25, -0.2) is 0 Å². The topological polar surface area (TPSA) is 71.4 Å². The molecule has 1 aromatic heterocycles. The summed E-state index contributed by atoms with van der Waals surface area (Å²) in [5.41, 5.74) is -0.107. The molecule has 0 bridgehead atoms. The van der Waals surface area contributed by atoms with Crippen LogP contribution in [-0.2, 0) is 4.79 Å². The van der Waals surface area contributed by atoms with E-state index < -0.39 is 5.97 Å². The van der Waals surface area contributed by atoms with Gasteiger partial charge in [0.15, 0.2) is 11.2 Å². The lowest BCUT2D eigenvalue weighted by Gasteiger charge is -1.93. The van der Waals surface area contributed by atoms with Crippen molar-refractivity contribution in [3.8, 4) is 0 Å². The first-order valence-electron chi connectivity index (χ1n) is 6.77. The molecule has 1 N–H and O–H groups in total. The Morgan fingerprint density at radius 3 is 2.55 bits per heavy atom. The van der Waals surface area contributed by atoms with Gasteiger partial charge in [-0.3, -0.25) is 14.4 Å². The highest BCUT2D eigenvalue weighted by Crippen LogP contribution is 2.25. The summed E-state index contributed by atoms with van der Waals surface area (Å²) in [6.07, 6.45) is -0.253. The summed E-state index contributed by atoms with van der Waals surface area (Å²) in [4.78, 5) is 35.6. The maximum absolute atomic E-state index is 12.6. The van der Waals surface area contributed by atoms with Crippen LogP contribution in [0.1, 0.15) is 22.5 Å². The zero-order valence-corrected chi connectivity index (χ0v) is 12.4. The second kappa shape index (κ2) is 5.69. The third-order valence-corrected chi connectivity index (χ3v) is 4.61. The van der Waals surface area contributed by atoms with Crippen LogP contribution in [0.15, 0.2) is 47.3 Å². The van der Waals surface area contributed by atoms with Crippen molar-refractivity contribution in [1.82, 2.24) is 0 Å². The van der Waals surface area contributed by atoms with Gasteiger partial charge in [0.2, 0.25) is 0 Å². The highest BCUT2D eigenvalue weighted by atomic mass is 32.1. The predicted molar refractivity (Wildman–Crippen MR) is 86.8 cm³/mol. The van der Waals surface area contributed by atoms with Gasteiger partial charge in [0.25, 0.3) is 0 Å². The molecule has 110 valence electrons. The Morgan fingerprint density at radius 1 is 1.00 bits per heavy atom. The van der Waals surface area contributed by atoms with Crippen LogP contribution in [0, 0.1) is 0 Å². The van der Waals surface area contributed by atoms with Gasteiger partial charge in [-0.05, 0) is 17.5 Å². The number of aliphatic carboxylic acids is 1. The number of thiophene rings is 1. The lowest BCUT2D eigenvalue weighted by molar-refractivity contribution is -0.136. The quantitative estimate of drug-likeness (QED) is 0.749. The average molecular weight is 312 g/mol. The second-order valence-corrected chi connectivity index (χ2v) is 6.04. The number of fused-ring (bicyclic) bond motifs is 2. The molecular formula is C17H12O4S. The van der Waals surface area contributed by atoms with Gasteiger partial charge in [-0.15, -0.1) is 11.3 Å². The molecule has 0 saturated carbocycles. The summed E-state index contributed by atoms with van der Waals surface area (Å²) in [6, 6.07) is 12.6. The van der Waals surface area contributed by atoms with Crippen molar-refractivity contribution in [1.29, 1.82) is 0 Å². The maximum Gasteiger partial charge on any atom is 0.303 e. The van der Waals surface area contributed by atoms with Crippen molar-refractivity contribution >= 4 is 43.9 Å². The molecule has 0 aliphatic rings. The van der Waals surface area contributed by atoms with E-state index in [2.05, 4.69) is 0 Å². The van der Waals surface area contributed by atoms with Crippen molar-refractivity contribution < 1.29 is 14.7 Å². The molecule has 3 aromatic rings. The van der Waals surface area contributed by atoms with Crippen LogP contribution in [0.3, 0.4) is 0 Å². The predicted octanol–water partition coefficient (Wildman–Crippen LogP) is 3.46. The van der Waals surface area contributed by atoms with Crippen LogP contribution >= 0.6 is 11.3 Å². The van der Waals surface area contributed by atoms with Gasteiger partial charge in [-0.1, -0.05) is 30.3 Å². The molecule has 0 atom stereocenters. The van der Waals surface area contributed by atoms with Crippen LogP contribution < -0.4 is 5.43 Å². The smallest absolute Gasteiger partial charge is 0.303 e. The molecule has 3 rings (SSSR count). The molecule has 22 heavy (non-hydrogen) atoms. The number of carbonyl (C=O) groups excluding carboxylic acids is 1. The van der Waals surface area contributed by atoms with E-state index >= 15 is 0 Å².